The monoisotopic (exact) mass is 513 g/mol. The molecular weight excluding hydrogens is 481 g/mol. The summed E-state index contributed by atoms with van der Waals surface area (Å²) in [4.78, 5) is 29.4. The molecule has 29 heavy (non-hydrogen) atoms. The molecule has 0 unspecified atom stereocenters. The van der Waals surface area contributed by atoms with Crippen molar-refractivity contribution in [3.05, 3.63) is 42.1 Å². The van der Waals surface area contributed by atoms with Crippen LogP contribution in [-0.4, -0.2) is 69.4 Å². The number of rotatable bonds is 8. The average molecular weight is 513 g/mol. The number of amides is 1. The molecule has 0 saturated carbocycles. The van der Waals surface area contributed by atoms with Crippen molar-refractivity contribution in [1.29, 1.82) is 0 Å². The van der Waals surface area contributed by atoms with Crippen LogP contribution in [0, 0.1) is 6.92 Å². The third-order valence-corrected chi connectivity index (χ3v) is 4.48. The summed E-state index contributed by atoms with van der Waals surface area (Å²) in [5, 5.41) is 3.25. The molecular formula is C20H32IN7O. The topological polar surface area (TPSA) is 78.6 Å². The van der Waals surface area contributed by atoms with E-state index in [2.05, 4.69) is 20.3 Å². The van der Waals surface area contributed by atoms with Gasteiger partial charge >= 0.3 is 0 Å². The second-order valence-electron chi connectivity index (χ2n) is 6.46. The lowest BCUT2D eigenvalue weighted by molar-refractivity contribution is -0.131. The zero-order chi connectivity index (χ0) is 20.5. The minimum Gasteiger partial charge on any atom is -0.357 e. The van der Waals surface area contributed by atoms with Crippen LogP contribution >= 0.6 is 24.0 Å². The van der Waals surface area contributed by atoms with Crippen LogP contribution in [0.4, 0.5) is 0 Å². The van der Waals surface area contributed by atoms with E-state index in [1.807, 2.05) is 73.6 Å². The molecule has 9 heteroatoms. The Hall–Kier alpha value is -2.17. The van der Waals surface area contributed by atoms with Crippen molar-refractivity contribution in [3.63, 3.8) is 0 Å². The number of carbonyl (C=O) groups excluding carboxylic acids is 1. The van der Waals surface area contributed by atoms with Gasteiger partial charge in [-0.25, -0.2) is 15.0 Å². The number of aliphatic imine (C=N–C) groups is 1. The van der Waals surface area contributed by atoms with Crippen LogP contribution in [0.25, 0.3) is 5.82 Å². The number of nitrogens with one attached hydrogen (secondary N) is 1. The van der Waals surface area contributed by atoms with Crippen molar-refractivity contribution < 1.29 is 4.79 Å². The van der Waals surface area contributed by atoms with Crippen LogP contribution in [0.15, 0.2) is 35.7 Å². The molecule has 0 spiro atoms. The Labute approximate surface area is 190 Å². The highest BCUT2D eigenvalue weighted by Crippen LogP contribution is 2.09. The highest BCUT2D eigenvalue weighted by Gasteiger charge is 2.15. The molecule has 0 radical (unpaired) electrons. The van der Waals surface area contributed by atoms with Crippen LogP contribution < -0.4 is 5.32 Å². The van der Waals surface area contributed by atoms with Gasteiger partial charge in [-0.3, -0.25) is 9.36 Å². The van der Waals surface area contributed by atoms with Crippen LogP contribution in [0.3, 0.4) is 0 Å². The van der Waals surface area contributed by atoms with Gasteiger partial charge < -0.3 is 15.1 Å². The lowest BCUT2D eigenvalue weighted by Crippen LogP contribution is -2.45. The first-order valence-electron chi connectivity index (χ1n) is 9.72. The number of likely N-dealkylation sites (N-methyl/N-ethyl adjacent to an activating group) is 2. The zero-order valence-corrected chi connectivity index (χ0v) is 20.3. The van der Waals surface area contributed by atoms with Gasteiger partial charge in [-0.1, -0.05) is 6.07 Å². The maximum Gasteiger partial charge on any atom is 0.242 e. The quantitative estimate of drug-likeness (QED) is 0.334. The van der Waals surface area contributed by atoms with Crippen molar-refractivity contribution in [2.24, 2.45) is 4.99 Å². The van der Waals surface area contributed by atoms with Gasteiger partial charge in [-0.15, -0.1) is 24.0 Å². The van der Waals surface area contributed by atoms with Crippen molar-refractivity contribution in [2.75, 3.05) is 33.2 Å². The van der Waals surface area contributed by atoms with E-state index in [0.29, 0.717) is 32.1 Å². The normalized spacial score (nSPS) is 11.0. The lowest BCUT2D eigenvalue weighted by Gasteiger charge is -2.25. The van der Waals surface area contributed by atoms with Gasteiger partial charge in [0.05, 0.1) is 13.1 Å². The summed E-state index contributed by atoms with van der Waals surface area (Å²) in [7, 11) is 1.88. The molecule has 1 N–H and O–H groups in total. The summed E-state index contributed by atoms with van der Waals surface area (Å²) in [5.74, 6) is 2.53. The van der Waals surface area contributed by atoms with E-state index >= 15 is 0 Å². The number of aryl methyl sites for hydroxylation is 1. The van der Waals surface area contributed by atoms with Gasteiger partial charge in [0.2, 0.25) is 5.91 Å². The third kappa shape index (κ3) is 6.98. The number of guanidine groups is 1. The fraction of sp³-hybridized carbons (Fsp3) is 0.500. The second-order valence-corrected chi connectivity index (χ2v) is 6.46. The van der Waals surface area contributed by atoms with Gasteiger partial charge in [0.1, 0.15) is 11.6 Å². The number of pyridine rings is 1. The Morgan fingerprint density at radius 1 is 1.21 bits per heavy atom. The van der Waals surface area contributed by atoms with Gasteiger partial charge in [0, 0.05) is 45.3 Å². The van der Waals surface area contributed by atoms with Gasteiger partial charge in [0.15, 0.2) is 5.96 Å². The molecule has 0 fully saturated rings. The standard InChI is InChI=1S/C20H31N7O.HI/c1-6-21-20(25(5)15-19(28)26(7-2)8-3)24-14-17-9-10-18(23-13-17)27-12-11-22-16(27)4;/h9-13H,6-8,14-15H2,1-5H3,(H,21,24);1H. The van der Waals surface area contributed by atoms with Crippen molar-refractivity contribution in [2.45, 2.75) is 34.2 Å². The Balaban J connectivity index is 0.00000420. The third-order valence-electron chi connectivity index (χ3n) is 4.48. The van der Waals surface area contributed by atoms with Crippen LogP contribution in [0.2, 0.25) is 0 Å². The van der Waals surface area contributed by atoms with E-state index in [1.165, 1.54) is 0 Å². The van der Waals surface area contributed by atoms with Crippen molar-refractivity contribution >= 4 is 35.8 Å². The molecule has 1 amide bonds. The molecule has 0 saturated heterocycles. The van der Waals surface area contributed by atoms with Crippen molar-refractivity contribution in [1.82, 2.24) is 29.7 Å². The Morgan fingerprint density at radius 2 is 1.93 bits per heavy atom. The molecule has 0 aromatic carbocycles. The fourth-order valence-electron chi connectivity index (χ4n) is 2.86. The summed E-state index contributed by atoms with van der Waals surface area (Å²) in [6, 6.07) is 3.97. The number of imidazole rings is 1. The first kappa shape index (κ1) is 24.9. The maximum atomic E-state index is 12.4. The van der Waals surface area contributed by atoms with Gasteiger partial charge in [-0.05, 0) is 39.3 Å². The first-order chi connectivity index (χ1) is 13.5. The first-order valence-corrected chi connectivity index (χ1v) is 9.72. The molecule has 0 aliphatic carbocycles. The molecule has 2 aromatic rings. The Bertz CT molecular complexity index is 784. The summed E-state index contributed by atoms with van der Waals surface area (Å²) in [6.07, 6.45) is 5.47. The van der Waals surface area contributed by atoms with E-state index < -0.39 is 0 Å². The molecule has 0 aliphatic rings. The van der Waals surface area contributed by atoms with Crippen molar-refractivity contribution in [3.8, 4) is 5.82 Å². The van der Waals surface area contributed by atoms with Gasteiger partial charge in [0.25, 0.3) is 0 Å². The fourth-order valence-corrected chi connectivity index (χ4v) is 2.86. The highest BCUT2D eigenvalue weighted by atomic mass is 127. The molecule has 8 nitrogen and oxygen atoms in total. The zero-order valence-electron chi connectivity index (χ0n) is 17.9. The van der Waals surface area contributed by atoms with E-state index in [4.69, 9.17) is 0 Å². The predicted octanol–water partition coefficient (Wildman–Crippen LogP) is 2.46. The van der Waals surface area contributed by atoms with E-state index in [9.17, 15) is 4.79 Å². The Kier molecular flexibility index (Phi) is 10.6. The maximum absolute atomic E-state index is 12.4. The molecule has 0 atom stereocenters. The average Bonchev–Trinajstić information content (AvgIpc) is 3.12. The molecule has 2 heterocycles. The minimum atomic E-state index is 0. The Morgan fingerprint density at radius 3 is 2.45 bits per heavy atom. The lowest BCUT2D eigenvalue weighted by atomic mass is 10.3. The smallest absolute Gasteiger partial charge is 0.242 e. The second kappa shape index (κ2) is 12.4. The van der Waals surface area contributed by atoms with Crippen LogP contribution in [-0.2, 0) is 11.3 Å². The number of aromatic nitrogens is 3. The number of carbonyl (C=O) groups is 1. The highest BCUT2D eigenvalue weighted by molar-refractivity contribution is 14.0. The summed E-state index contributed by atoms with van der Waals surface area (Å²) in [5.41, 5.74) is 1.00. The minimum absolute atomic E-state index is 0. The summed E-state index contributed by atoms with van der Waals surface area (Å²) in [6.45, 7) is 10.9. The molecule has 2 rings (SSSR count). The van der Waals surface area contributed by atoms with E-state index in [-0.39, 0.29) is 29.9 Å². The SMILES string of the molecule is CCNC(=NCc1ccc(-n2ccnc2C)nc1)N(C)CC(=O)N(CC)CC.I. The molecule has 160 valence electrons. The van der Waals surface area contributed by atoms with Crippen LogP contribution in [0.1, 0.15) is 32.2 Å². The van der Waals surface area contributed by atoms with E-state index in [0.717, 1.165) is 23.8 Å². The number of hydrogen-bond acceptors (Lipinski definition) is 4. The molecule has 0 bridgehead atoms. The predicted molar refractivity (Wildman–Crippen MR) is 127 cm³/mol. The summed E-state index contributed by atoms with van der Waals surface area (Å²) >= 11 is 0. The molecule has 2 aromatic heterocycles. The van der Waals surface area contributed by atoms with Crippen LogP contribution in [0.5, 0.6) is 0 Å². The van der Waals surface area contributed by atoms with E-state index in [1.54, 1.807) is 6.20 Å². The number of halogens is 1. The number of hydrogen-bond donors (Lipinski definition) is 1. The van der Waals surface area contributed by atoms with Gasteiger partial charge in [-0.2, -0.15) is 0 Å². The molecule has 0 aliphatic heterocycles. The largest absolute Gasteiger partial charge is 0.357 e. The number of nitrogens with zero attached hydrogens (tertiary/aromatic N) is 6. The summed E-state index contributed by atoms with van der Waals surface area (Å²) < 4.78 is 1.93.